The normalized spacial score (nSPS) is 14.5. The zero-order valence-corrected chi connectivity index (χ0v) is 17.8. The number of nitrogens with one attached hydrogen (secondary N) is 2. The van der Waals surface area contributed by atoms with Crippen LogP contribution in [-0.4, -0.2) is 34.0 Å². The van der Waals surface area contributed by atoms with Crippen molar-refractivity contribution < 1.29 is 14.5 Å². The van der Waals surface area contributed by atoms with Gasteiger partial charge in [0.05, 0.1) is 22.8 Å². The summed E-state index contributed by atoms with van der Waals surface area (Å²) in [6.07, 6.45) is 2.97. The highest BCUT2D eigenvalue weighted by Gasteiger charge is 2.20. The number of fused-ring (bicyclic) bond motifs is 9. The van der Waals surface area contributed by atoms with Crippen molar-refractivity contribution in [3.8, 4) is 11.3 Å². The highest BCUT2D eigenvalue weighted by atomic mass is 35.5. The molecule has 0 radical (unpaired) electrons. The molecule has 9 nitrogen and oxygen atoms in total. The number of rotatable bonds is 1. The molecule has 3 heterocycles. The van der Waals surface area contributed by atoms with E-state index in [4.69, 9.17) is 16.3 Å². The van der Waals surface area contributed by atoms with Gasteiger partial charge in [0.2, 0.25) is 5.95 Å². The number of hydrogen-bond donors (Lipinski definition) is 2. The van der Waals surface area contributed by atoms with Crippen molar-refractivity contribution >= 4 is 34.8 Å². The second kappa shape index (κ2) is 9.71. The molecule has 2 aliphatic heterocycles. The van der Waals surface area contributed by atoms with Gasteiger partial charge in [-0.15, -0.1) is 0 Å². The minimum atomic E-state index is -0.521. The Labute approximate surface area is 188 Å². The number of hydrogen-bond acceptors (Lipinski definition) is 7. The maximum Gasteiger partial charge on any atom is 0.279 e. The molecule has 0 atom stereocenters. The number of halogens is 1. The second-order valence-electron chi connectivity index (χ2n) is 7.20. The summed E-state index contributed by atoms with van der Waals surface area (Å²) in [5.41, 5.74) is 2.18. The van der Waals surface area contributed by atoms with Crippen LogP contribution < -0.4 is 10.6 Å². The first-order valence-corrected chi connectivity index (χ1v) is 10.4. The molecule has 1 aromatic heterocycles. The molecule has 0 unspecified atom stereocenters. The Morgan fingerprint density at radius 2 is 2.00 bits per heavy atom. The zero-order valence-electron chi connectivity index (χ0n) is 17.0. The summed E-state index contributed by atoms with van der Waals surface area (Å²) in [7, 11) is 0. The molecule has 2 aromatic carbocycles. The Morgan fingerprint density at radius 1 is 1.12 bits per heavy atom. The van der Waals surface area contributed by atoms with Crippen molar-refractivity contribution in [2.75, 3.05) is 18.5 Å². The Balaban J connectivity index is 1.74. The van der Waals surface area contributed by atoms with Gasteiger partial charge in [-0.3, -0.25) is 14.9 Å². The number of ether oxygens (including phenoxy) is 1. The van der Waals surface area contributed by atoms with Crippen LogP contribution in [0.5, 0.6) is 0 Å². The van der Waals surface area contributed by atoms with E-state index < -0.39 is 4.92 Å². The topological polar surface area (TPSA) is 119 Å². The van der Waals surface area contributed by atoms with E-state index in [2.05, 4.69) is 20.6 Å². The van der Waals surface area contributed by atoms with E-state index in [1.165, 1.54) is 18.3 Å². The van der Waals surface area contributed by atoms with Crippen molar-refractivity contribution in [3.63, 3.8) is 0 Å². The lowest BCUT2D eigenvalue weighted by atomic mass is 10.1. The van der Waals surface area contributed by atoms with E-state index in [0.717, 1.165) is 12.0 Å². The Bertz CT molecular complexity index is 1170. The quantitative estimate of drug-likeness (QED) is 0.411. The van der Waals surface area contributed by atoms with E-state index in [1.807, 2.05) is 6.07 Å². The van der Waals surface area contributed by atoms with Gasteiger partial charge in [-0.1, -0.05) is 11.6 Å². The first-order chi connectivity index (χ1) is 15.5. The predicted molar refractivity (Wildman–Crippen MR) is 120 cm³/mol. The van der Waals surface area contributed by atoms with E-state index in [-0.39, 0.29) is 23.1 Å². The number of aromatic nitrogens is 2. The molecule has 2 aliphatic rings. The fourth-order valence-corrected chi connectivity index (χ4v) is 3.49. The molecular formula is C22H20ClN5O4. The van der Waals surface area contributed by atoms with Gasteiger partial charge in [-0.2, -0.15) is 0 Å². The van der Waals surface area contributed by atoms with E-state index in [0.29, 0.717) is 48.1 Å². The molecule has 6 bridgehead atoms. The van der Waals surface area contributed by atoms with Gasteiger partial charge >= 0.3 is 0 Å². The lowest BCUT2D eigenvalue weighted by Crippen LogP contribution is -2.24. The van der Waals surface area contributed by atoms with Crippen LogP contribution in [0.1, 0.15) is 28.8 Å². The Hall–Kier alpha value is -3.56. The van der Waals surface area contributed by atoms with E-state index in [1.54, 1.807) is 24.3 Å². The fraction of sp³-hybridized carbons (Fsp3) is 0.227. The Kier molecular flexibility index (Phi) is 6.58. The molecule has 0 saturated carbocycles. The third-order valence-electron chi connectivity index (χ3n) is 4.95. The zero-order chi connectivity index (χ0) is 22.5. The third-order valence-corrected chi connectivity index (χ3v) is 5.32. The maximum absolute atomic E-state index is 12.4. The van der Waals surface area contributed by atoms with Gasteiger partial charge in [-0.05, 0) is 54.8 Å². The van der Waals surface area contributed by atoms with Crippen molar-refractivity contribution in [1.82, 2.24) is 15.3 Å². The summed E-state index contributed by atoms with van der Waals surface area (Å²) in [5.74, 6) is -0.0999. The first-order valence-electron chi connectivity index (χ1n) is 10.0. The summed E-state index contributed by atoms with van der Waals surface area (Å²) in [5, 5.41) is 18.2. The molecule has 3 aromatic rings. The molecular weight excluding hydrogens is 434 g/mol. The third kappa shape index (κ3) is 5.01. The highest BCUT2D eigenvalue weighted by Crippen LogP contribution is 2.30. The SMILES string of the molecule is O=C1NCCCCOCc2cc(ccc2Cl)Nc2nccc(n2)-c2ccc1cc2[N+](=O)[O-]. The maximum atomic E-state index is 12.4. The number of amides is 1. The van der Waals surface area contributed by atoms with Crippen LogP contribution in [0.25, 0.3) is 11.3 Å². The van der Waals surface area contributed by atoms with E-state index >= 15 is 0 Å². The molecule has 10 heteroatoms. The molecule has 0 aliphatic carbocycles. The smallest absolute Gasteiger partial charge is 0.279 e. The lowest BCUT2D eigenvalue weighted by Gasteiger charge is -2.10. The number of anilines is 2. The highest BCUT2D eigenvalue weighted by molar-refractivity contribution is 6.31. The fourth-order valence-electron chi connectivity index (χ4n) is 3.32. The van der Waals surface area contributed by atoms with Crippen molar-refractivity contribution in [2.24, 2.45) is 0 Å². The van der Waals surface area contributed by atoms with Crippen LogP contribution in [0.15, 0.2) is 48.7 Å². The van der Waals surface area contributed by atoms with Gasteiger partial charge in [0.25, 0.3) is 11.6 Å². The van der Waals surface area contributed by atoms with E-state index in [9.17, 15) is 14.9 Å². The number of nitro groups is 1. The minimum absolute atomic E-state index is 0.206. The molecule has 164 valence electrons. The molecule has 5 rings (SSSR count). The summed E-state index contributed by atoms with van der Waals surface area (Å²) in [4.78, 5) is 32.3. The number of nitrogens with zero attached hydrogens (tertiary/aromatic N) is 3. The monoisotopic (exact) mass is 453 g/mol. The van der Waals surface area contributed by atoms with Crippen LogP contribution >= 0.6 is 11.6 Å². The first kappa shape index (κ1) is 21.7. The predicted octanol–water partition coefficient (Wildman–Crippen LogP) is 4.49. The van der Waals surface area contributed by atoms with Crippen LogP contribution in [0.3, 0.4) is 0 Å². The van der Waals surface area contributed by atoms with Crippen molar-refractivity contribution in [2.45, 2.75) is 19.4 Å². The average Bonchev–Trinajstić information content (AvgIpc) is 2.79. The number of carbonyl (C=O) groups is 1. The van der Waals surface area contributed by atoms with Gasteiger partial charge < -0.3 is 15.4 Å². The molecule has 2 N–H and O–H groups in total. The summed E-state index contributed by atoms with van der Waals surface area (Å²) >= 11 is 6.29. The van der Waals surface area contributed by atoms with Crippen LogP contribution in [0.2, 0.25) is 5.02 Å². The largest absolute Gasteiger partial charge is 0.377 e. The second-order valence-corrected chi connectivity index (χ2v) is 7.61. The summed E-state index contributed by atoms with van der Waals surface area (Å²) in [6.45, 7) is 1.29. The number of nitro benzene ring substituents is 1. The Morgan fingerprint density at radius 3 is 2.84 bits per heavy atom. The minimum Gasteiger partial charge on any atom is -0.377 e. The van der Waals surface area contributed by atoms with Crippen LogP contribution in [-0.2, 0) is 11.3 Å². The van der Waals surface area contributed by atoms with Crippen LogP contribution in [0, 0.1) is 10.1 Å². The number of carbonyl (C=O) groups excluding carboxylic acids is 1. The summed E-state index contributed by atoms with van der Waals surface area (Å²) in [6, 6.07) is 11.3. The average molecular weight is 454 g/mol. The van der Waals surface area contributed by atoms with Gasteiger partial charge in [0.1, 0.15) is 0 Å². The molecule has 1 amide bonds. The molecule has 0 spiro atoms. The van der Waals surface area contributed by atoms with Crippen molar-refractivity contribution in [1.29, 1.82) is 0 Å². The van der Waals surface area contributed by atoms with Gasteiger partial charge in [0, 0.05) is 41.7 Å². The van der Waals surface area contributed by atoms with Crippen LogP contribution in [0.4, 0.5) is 17.3 Å². The molecule has 0 fully saturated rings. The van der Waals surface area contributed by atoms with Gasteiger partial charge in [-0.25, -0.2) is 9.97 Å². The number of benzene rings is 2. The summed E-state index contributed by atoms with van der Waals surface area (Å²) < 4.78 is 5.72. The van der Waals surface area contributed by atoms with Crippen molar-refractivity contribution in [3.05, 3.63) is 74.9 Å². The standard InChI is InChI=1S/C22H20ClN5O4/c23-18-6-4-16-11-15(18)13-32-10-2-1-8-24-21(29)14-3-5-17(20(12-14)28(30)31)19-7-9-25-22(26-16)27-19/h3-7,9,11-12H,1-2,8,10,13H2,(H,24,29)(H,25,26,27). The lowest BCUT2D eigenvalue weighted by molar-refractivity contribution is -0.384. The van der Waals surface area contributed by atoms with Gasteiger partial charge in [0.15, 0.2) is 0 Å². The molecule has 0 saturated heterocycles. The molecule has 32 heavy (non-hydrogen) atoms.